The van der Waals surface area contributed by atoms with E-state index >= 15 is 0 Å². The van der Waals surface area contributed by atoms with Crippen LogP contribution in [0.3, 0.4) is 0 Å². The van der Waals surface area contributed by atoms with Crippen LogP contribution in [0.25, 0.3) is 11.1 Å². The quantitative estimate of drug-likeness (QED) is 0.738. The summed E-state index contributed by atoms with van der Waals surface area (Å²) >= 11 is 6.08. The van der Waals surface area contributed by atoms with Gasteiger partial charge in [0, 0.05) is 21.7 Å². The van der Waals surface area contributed by atoms with Gasteiger partial charge in [-0.1, -0.05) is 17.5 Å². The smallest absolute Gasteiger partial charge is 0.126 e. The number of hydrogen-bond acceptors (Lipinski definition) is 1. The van der Waals surface area contributed by atoms with Crippen molar-refractivity contribution in [3.8, 4) is 29.2 Å². The zero-order chi connectivity index (χ0) is 13.1. The highest BCUT2D eigenvalue weighted by Crippen LogP contribution is 2.35. The highest BCUT2D eigenvalue weighted by molar-refractivity contribution is 6.33. The van der Waals surface area contributed by atoms with Crippen LogP contribution in [0, 0.1) is 18.2 Å². The molecule has 0 fully saturated rings. The molecule has 0 aliphatic carbocycles. The molecule has 0 saturated heterocycles. The molecule has 0 aromatic heterocycles. The van der Waals surface area contributed by atoms with E-state index in [1.54, 1.807) is 25.3 Å². The van der Waals surface area contributed by atoms with E-state index in [0.29, 0.717) is 27.5 Å². The summed E-state index contributed by atoms with van der Waals surface area (Å²) in [4.78, 5) is 0. The molecule has 18 heavy (non-hydrogen) atoms. The molecule has 0 N–H and O–H groups in total. The molecule has 2 rings (SSSR count). The Morgan fingerprint density at radius 1 is 1.17 bits per heavy atom. The van der Waals surface area contributed by atoms with Crippen LogP contribution in [-0.4, -0.2) is 7.11 Å². The second-order valence-electron chi connectivity index (χ2n) is 3.68. The van der Waals surface area contributed by atoms with Crippen molar-refractivity contribution in [2.24, 2.45) is 0 Å². The topological polar surface area (TPSA) is 9.23 Å². The van der Waals surface area contributed by atoms with Crippen molar-refractivity contribution in [2.75, 3.05) is 7.11 Å². The van der Waals surface area contributed by atoms with Crippen molar-refractivity contribution in [1.29, 1.82) is 0 Å². The van der Waals surface area contributed by atoms with Gasteiger partial charge in [-0.05, 0) is 36.4 Å². The zero-order valence-electron chi connectivity index (χ0n) is 9.71. The Morgan fingerprint density at radius 2 is 1.94 bits per heavy atom. The molecule has 0 aliphatic rings. The lowest BCUT2D eigenvalue weighted by Gasteiger charge is -2.11. The highest BCUT2D eigenvalue weighted by atomic mass is 35.5. The SMILES string of the molecule is C#Cc1ccc(OC)c(-c2cc(F)ccc2Cl)c1. The molecular weight excluding hydrogens is 251 g/mol. The Labute approximate surface area is 110 Å². The average Bonchev–Trinajstić information content (AvgIpc) is 2.40. The minimum Gasteiger partial charge on any atom is -0.496 e. The standard InChI is InChI=1S/C15H10ClFO/c1-3-10-4-7-15(18-2)13(8-10)12-9-11(17)5-6-14(12)16/h1,4-9H,2H3. The van der Waals surface area contributed by atoms with Gasteiger partial charge in [0.05, 0.1) is 7.11 Å². The third-order valence-electron chi connectivity index (χ3n) is 2.58. The number of hydrogen-bond donors (Lipinski definition) is 0. The van der Waals surface area contributed by atoms with Gasteiger partial charge >= 0.3 is 0 Å². The van der Waals surface area contributed by atoms with Crippen LogP contribution in [0.2, 0.25) is 5.02 Å². The third-order valence-corrected chi connectivity index (χ3v) is 2.91. The molecule has 0 spiro atoms. The molecule has 2 aromatic rings. The van der Waals surface area contributed by atoms with E-state index in [9.17, 15) is 4.39 Å². The molecule has 0 heterocycles. The molecule has 0 radical (unpaired) electrons. The zero-order valence-corrected chi connectivity index (χ0v) is 10.5. The molecule has 0 unspecified atom stereocenters. The second-order valence-corrected chi connectivity index (χ2v) is 4.09. The van der Waals surface area contributed by atoms with Gasteiger partial charge in [0.25, 0.3) is 0 Å². The summed E-state index contributed by atoms with van der Waals surface area (Å²) in [5.74, 6) is 2.77. The predicted molar refractivity (Wildman–Crippen MR) is 71.3 cm³/mol. The summed E-state index contributed by atoms with van der Waals surface area (Å²) in [5, 5.41) is 0.448. The van der Waals surface area contributed by atoms with Crippen molar-refractivity contribution in [2.45, 2.75) is 0 Å². The van der Waals surface area contributed by atoms with E-state index in [4.69, 9.17) is 22.8 Å². The number of terminal acetylenes is 1. The summed E-state index contributed by atoms with van der Waals surface area (Å²) in [6, 6.07) is 9.43. The summed E-state index contributed by atoms with van der Waals surface area (Å²) < 4.78 is 18.6. The van der Waals surface area contributed by atoms with Crippen LogP contribution < -0.4 is 4.74 Å². The van der Waals surface area contributed by atoms with Crippen molar-refractivity contribution < 1.29 is 9.13 Å². The maximum atomic E-state index is 13.3. The molecule has 2 aromatic carbocycles. The van der Waals surface area contributed by atoms with Crippen LogP contribution in [-0.2, 0) is 0 Å². The highest BCUT2D eigenvalue weighted by Gasteiger charge is 2.11. The van der Waals surface area contributed by atoms with Gasteiger partial charge < -0.3 is 4.74 Å². The molecule has 0 aliphatic heterocycles. The second kappa shape index (κ2) is 5.12. The average molecular weight is 261 g/mol. The number of ether oxygens (including phenoxy) is 1. The van der Waals surface area contributed by atoms with Crippen LogP contribution >= 0.6 is 11.6 Å². The molecule has 90 valence electrons. The van der Waals surface area contributed by atoms with Gasteiger partial charge in [-0.3, -0.25) is 0 Å². The molecule has 0 bridgehead atoms. The minimum absolute atomic E-state index is 0.359. The monoisotopic (exact) mass is 260 g/mol. The fourth-order valence-electron chi connectivity index (χ4n) is 1.71. The Hall–Kier alpha value is -1.98. The molecule has 0 amide bonds. The first-order valence-corrected chi connectivity index (χ1v) is 5.63. The molecule has 1 nitrogen and oxygen atoms in total. The van der Waals surface area contributed by atoms with Gasteiger partial charge in [-0.15, -0.1) is 6.42 Å². The maximum absolute atomic E-state index is 13.3. The summed E-state index contributed by atoms with van der Waals surface area (Å²) in [6.45, 7) is 0. The Bertz CT molecular complexity index is 629. The minimum atomic E-state index is -0.359. The lowest BCUT2D eigenvalue weighted by molar-refractivity contribution is 0.416. The van der Waals surface area contributed by atoms with E-state index in [-0.39, 0.29) is 5.82 Å². The van der Waals surface area contributed by atoms with Crippen molar-refractivity contribution in [1.82, 2.24) is 0 Å². The third kappa shape index (κ3) is 2.32. The predicted octanol–water partition coefficient (Wildman–Crippen LogP) is 4.14. The van der Waals surface area contributed by atoms with Crippen LogP contribution in [0.1, 0.15) is 5.56 Å². The Kier molecular flexibility index (Phi) is 3.55. The number of benzene rings is 2. The molecule has 0 atom stereocenters. The van der Waals surface area contributed by atoms with Gasteiger partial charge in [0.1, 0.15) is 11.6 Å². The van der Waals surface area contributed by atoms with Crippen molar-refractivity contribution in [3.63, 3.8) is 0 Å². The van der Waals surface area contributed by atoms with Crippen LogP contribution in [0.5, 0.6) is 5.75 Å². The lowest BCUT2D eigenvalue weighted by atomic mass is 10.0. The maximum Gasteiger partial charge on any atom is 0.126 e. The van der Waals surface area contributed by atoms with E-state index in [1.165, 1.54) is 18.2 Å². The Morgan fingerprint density at radius 3 is 2.61 bits per heavy atom. The summed E-state index contributed by atoms with van der Waals surface area (Å²) in [7, 11) is 1.54. The fraction of sp³-hybridized carbons (Fsp3) is 0.0667. The number of methoxy groups -OCH3 is 1. The molecular formula is C15H10ClFO. The first kappa shape index (κ1) is 12.5. The van der Waals surface area contributed by atoms with Crippen molar-refractivity contribution >= 4 is 11.6 Å². The van der Waals surface area contributed by atoms with E-state index in [0.717, 1.165) is 0 Å². The van der Waals surface area contributed by atoms with Crippen LogP contribution in [0.15, 0.2) is 36.4 Å². The first-order valence-electron chi connectivity index (χ1n) is 5.26. The van der Waals surface area contributed by atoms with Gasteiger partial charge in [-0.2, -0.15) is 0 Å². The first-order chi connectivity index (χ1) is 8.65. The van der Waals surface area contributed by atoms with Gasteiger partial charge in [0.2, 0.25) is 0 Å². The van der Waals surface area contributed by atoms with Crippen LogP contribution in [0.4, 0.5) is 4.39 Å². The van der Waals surface area contributed by atoms with E-state index < -0.39 is 0 Å². The number of rotatable bonds is 2. The summed E-state index contributed by atoms with van der Waals surface area (Å²) in [6.07, 6.45) is 5.36. The van der Waals surface area contributed by atoms with Gasteiger partial charge in [-0.25, -0.2) is 4.39 Å². The molecule has 0 saturated carbocycles. The van der Waals surface area contributed by atoms with E-state index in [1.807, 2.05) is 0 Å². The van der Waals surface area contributed by atoms with E-state index in [2.05, 4.69) is 5.92 Å². The van der Waals surface area contributed by atoms with Crippen molar-refractivity contribution in [3.05, 3.63) is 52.8 Å². The largest absolute Gasteiger partial charge is 0.496 e. The normalized spacial score (nSPS) is 9.89. The Balaban J connectivity index is 2.69. The number of halogens is 2. The summed E-state index contributed by atoms with van der Waals surface area (Å²) in [5.41, 5.74) is 1.93. The fourth-order valence-corrected chi connectivity index (χ4v) is 1.93. The van der Waals surface area contributed by atoms with Gasteiger partial charge in [0.15, 0.2) is 0 Å². The lowest BCUT2D eigenvalue weighted by Crippen LogP contribution is -1.90. The molecule has 3 heteroatoms.